The number of rotatable bonds is 8. The number of methoxy groups -OCH3 is 1. The molecule has 1 aliphatic heterocycles. The van der Waals surface area contributed by atoms with Crippen LogP contribution in [-0.2, 0) is 10.0 Å². The molecule has 0 bridgehead atoms. The Balaban J connectivity index is 1.68. The monoisotopic (exact) mass is 451 g/mol. The number of ketones is 1. The third kappa shape index (κ3) is 5.28. The molecule has 31 heavy (non-hydrogen) atoms. The summed E-state index contributed by atoms with van der Waals surface area (Å²) in [5, 5.41) is 3.14. The van der Waals surface area contributed by atoms with Crippen LogP contribution in [0.5, 0.6) is 5.75 Å². The molecule has 0 spiro atoms. The Labute approximate surface area is 180 Å². The molecule has 0 amide bonds. The van der Waals surface area contributed by atoms with Gasteiger partial charge in [0.25, 0.3) is 0 Å². The minimum absolute atomic E-state index is 0.0164. The number of hydrogen-bond donors (Lipinski definition) is 2. The molecule has 0 radical (unpaired) electrons. The molecule has 1 aromatic carbocycles. The average molecular weight is 452 g/mol. The number of carbonyl (C=O) groups is 1. The van der Waals surface area contributed by atoms with Crippen molar-refractivity contribution in [2.24, 2.45) is 0 Å². The van der Waals surface area contributed by atoms with Crippen molar-refractivity contribution in [1.82, 2.24) is 14.3 Å². The smallest absolute Gasteiger partial charge is 0.224 e. The summed E-state index contributed by atoms with van der Waals surface area (Å²) in [5.41, 5.74) is 6.04. The first kappa shape index (κ1) is 22.9. The number of ether oxygens (including phenoxy) is 1. The maximum atomic E-state index is 13.6. The molecule has 0 saturated carbocycles. The van der Waals surface area contributed by atoms with Gasteiger partial charge in [-0.05, 0) is 37.5 Å². The SMILES string of the molecule is CCCS(=O)(=O)N1CCC(Nc2ncc(C(=O)c3cc(F)ccc3OC)c(N)n2)CC1. The van der Waals surface area contributed by atoms with Crippen molar-refractivity contribution in [3.8, 4) is 5.75 Å². The molecule has 0 aliphatic carbocycles. The average Bonchev–Trinajstić information content (AvgIpc) is 2.74. The standard InChI is InChI=1S/C20H26FN5O4S/c1-3-10-31(28,29)26-8-6-14(7-9-26)24-20-23-12-16(19(22)25-20)18(27)15-11-13(21)4-5-17(15)30-2/h4-5,11-12,14H,3,6-10H2,1-2H3,(H3,22,23,24,25). The van der Waals surface area contributed by atoms with Crippen LogP contribution in [0.25, 0.3) is 0 Å². The van der Waals surface area contributed by atoms with Gasteiger partial charge < -0.3 is 15.8 Å². The summed E-state index contributed by atoms with van der Waals surface area (Å²) in [7, 11) is -1.82. The lowest BCUT2D eigenvalue weighted by Crippen LogP contribution is -2.43. The number of halogens is 1. The van der Waals surface area contributed by atoms with Crippen LogP contribution in [0.15, 0.2) is 24.4 Å². The van der Waals surface area contributed by atoms with Crippen molar-refractivity contribution in [2.45, 2.75) is 32.2 Å². The number of anilines is 2. The summed E-state index contributed by atoms with van der Waals surface area (Å²) in [6.45, 7) is 2.68. The highest BCUT2D eigenvalue weighted by Crippen LogP contribution is 2.25. The number of sulfonamides is 1. The fourth-order valence-electron chi connectivity index (χ4n) is 3.49. The van der Waals surface area contributed by atoms with Gasteiger partial charge in [-0.25, -0.2) is 22.1 Å². The molecule has 3 N–H and O–H groups in total. The molecule has 0 atom stereocenters. The van der Waals surface area contributed by atoms with Crippen LogP contribution in [0.4, 0.5) is 16.2 Å². The first-order valence-electron chi connectivity index (χ1n) is 10.00. The lowest BCUT2D eigenvalue weighted by atomic mass is 10.0. The van der Waals surface area contributed by atoms with E-state index in [0.29, 0.717) is 32.4 Å². The minimum Gasteiger partial charge on any atom is -0.496 e. The predicted molar refractivity (Wildman–Crippen MR) is 115 cm³/mol. The van der Waals surface area contributed by atoms with E-state index in [9.17, 15) is 17.6 Å². The van der Waals surface area contributed by atoms with Crippen molar-refractivity contribution in [3.63, 3.8) is 0 Å². The van der Waals surface area contributed by atoms with Gasteiger partial charge in [-0.15, -0.1) is 0 Å². The summed E-state index contributed by atoms with van der Waals surface area (Å²) < 4.78 is 44.6. The molecule has 0 unspecified atom stereocenters. The number of aromatic nitrogens is 2. The zero-order chi connectivity index (χ0) is 22.6. The second-order valence-corrected chi connectivity index (χ2v) is 9.39. The number of nitrogens with two attached hydrogens (primary N) is 1. The third-order valence-corrected chi connectivity index (χ3v) is 7.19. The van der Waals surface area contributed by atoms with Gasteiger partial charge >= 0.3 is 0 Å². The fraction of sp³-hybridized carbons (Fsp3) is 0.450. The lowest BCUT2D eigenvalue weighted by Gasteiger charge is -2.31. The van der Waals surface area contributed by atoms with Gasteiger partial charge in [0.15, 0.2) is 0 Å². The van der Waals surface area contributed by atoms with E-state index >= 15 is 0 Å². The molecule has 9 nitrogen and oxygen atoms in total. The summed E-state index contributed by atoms with van der Waals surface area (Å²) >= 11 is 0. The van der Waals surface area contributed by atoms with E-state index in [2.05, 4.69) is 15.3 Å². The quantitative estimate of drug-likeness (QED) is 0.584. The molecule has 1 aliphatic rings. The number of piperidine rings is 1. The highest BCUT2D eigenvalue weighted by Gasteiger charge is 2.28. The Morgan fingerprint density at radius 2 is 2.03 bits per heavy atom. The van der Waals surface area contributed by atoms with E-state index in [4.69, 9.17) is 10.5 Å². The summed E-state index contributed by atoms with van der Waals surface area (Å²) in [6, 6.07) is 3.62. The van der Waals surface area contributed by atoms with Crippen molar-refractivity contribution in [2.75, 3.05) is 37.0 Å². The van der Waals surface area contributed by atoms with Crippen LogP contribution < -0.4 is 15.8 Å². The van der Waals surface area contributed by atoms with Crippen molar-refractivity contribution < 1.29 is 22.3 Å². The first-order chi connectivity index (χ1) is 14.7. The van der Waals surface area contributed by atoms with E-state index < -0.39 is 21.6 Å². The molecule has 11 heteroatoms. The van der Waals surface area contributed by atoms with E-state index in [0.717, 1.165) is 6.07 Å². The third-order valence-electron chi connectivity index (χ3n) is 5.11. The van der Waals surface area contributed by atoms with Crippen LogP contribution in [0, 0.1) is 5.82 Å². The van der Waals surface area contributed by atoms with Crippen molar-refractivity contribution in [3.05, 3.63) is 41.3 Å². The van der Waals surface area contributed by atoms with Crippen LogP contribution in [-0.4, -0.2) is 60.5 Å². The molecule has 2 heterocycles. The van der Waals surface area contributed by atoms with Gasteiger partial charge in [-0.2, -0.15) is 4.98 Å². The zero-order valence-electron chi connectivity index (χ0n) is 17.5. The maximum Gasteiger partial charge on any atom is 0.224 e. The normalized spacial score (nSPS) is 15.6. The molecule has 168 valence electrons. The Hall–Kier alpha value is -2.79. The molecular formula is C20H26FN5O4S. The van der Waals surface area contributed by atoms with Crippen LogP contribution in [0.1, 0.15) is 42.1 Å². The highest BCUT2D eigenvalue weighted by molar-refractivity contribution is 7.89. The lowest BCUT2D eigenvalue weighted by molar-refractivity contribution is 0.103. The molecule has 2 aromatic rings. The van der Waals surface area contributed by atoms with E-state index in [1.807, 2.05) is 6.92 Å². The number of hydrogen-bond acceptors (Lipinski definition) is 8. The van der Waals surface area contributed by atoms with Crippen LogP contribution in [0.2, 0.25) is 0 Å². The number of benzene rings is 1. The van der Waals surface area contributed by atoms with Gasteiger partial charge in [0.05, 0.1) is 24.0 Å². The number of nitrogens with one attached hydrogen (secondary N) is 1. The molecule has 1 saturated heterocycles. The van der Waals surface area contributed by atoms with Crippen LogP contribution >= 0.6 is 0 Å². The maximum absolute atomic E-state index is 13.6. The van der Waals surface area contributed by atoms with Crippen molar-refractivity contribution >= 4 is 27.6 Å². The second kappa shape index (κ2) is 9.56. The number of nitrogen functional groups attached to an aromatic ring is 1. The van der Waals surface area contributed by atoms with Gasteiger partial charge in [-0.1, -0.05) is 6.92 Å². The first-order valence-corrected chi connectivity index (χ1v) is 11.6. The van der Waals surface area contributed by atoms with E-state index in [1.165, 1.54) is 29.7 Å². The Morgan fingerprint density at radius 3 is 2.65 bits per heavy atom. The second-order valence-electron chi connectivity index (χ2n) is 7.30. The fourth-order valence-corrected chi connectivity index (χ4v) is 5.03. The summed E-state index contributed by atoms with van der Waals surface area (Å²) in [5.74, 6) is -0.551. The van der Waals surface area contributed by atoms with Gasteiger partial charge in [0, 0.05) is 25.3 Å². The topological polar surface area (TPSA) is 128 Å². The van der Waals surface area contributed by atoms with Gasteiger partial charge in [-0.3, -0.25) is 4.79 Å². The Bertz CT molecular complexity index is 1060. The molecule has 1 fully saturated rings. The summed E-state index contributed by atoms with van der Waals surface area (Å²) in [4.78, 5) is 21.1. The van der Waals surface area contributed by atoms with E-state index in [-0.39, 0.29) is 40.4 Å². The highest BCUT2D eigenvalue weighted by atomic mass is 32.2. The molecule has 3 rings (SSSR count). The number of carbonyl (C=O) groups excluding carboxylic acids is 1. The van der Waals surface area contributed by atoms with Crippen LogP contribution in [0.3, 0.4) is 0 Å². The molecule has 1 aromatic heterocycles. The minimum atomic E-state index is -3.21. The summed E-state index contributed by atoms with van der Waals surface area (Å²) in [6.07, 6.45) is 3.08. The predicted octanol–water partition coefficient (Wildman–Crippen LogP) is 2.05. The zero-order valence-corrected chi connectivity index (χ0v) is 18.3. The van der Waals surface area contributed by atoms with Gasteiger partial charge in [0.1, 0.15) is 17.4 Å². The Morgan fingerprint density at radius 1 is 1.32 bits per heavy atom. The van der Waals surface area contributed by atoms with E-state index in [1.54, 1.807) is 0 Å². The number of nitrogens with zero attached hydrogens (tertiary/aromatic N) is 3. The van der Waals surface area contributed by atoms with Crippen molar-refractivity contribution in [1.29, 1.82) is 0 Å². The van der Waals surface area contributed by atoms with Gasteiger partial charge in [0.2, 0.25) is 21.8 Å². The molecular weight excluding hydrogens is 425 g/mol. The largest absolute Gasteiger partial charge is 0.496 e. The Kier molecular flexibility index (Phi) is 7.06.